The normalized spacial score (nSPS) is 13.9. The van der Waals surface area contributed by atoms with Gasteiger partial charge in [-0.15, -0.1) is 0 Å². The Morgan fingerprint density at radius 3 is 2.68 bits per heavy atom. The molecule has 1 atom stereocenters. The number of hydrogen-bond acceptors (Lipinski definition) is 12. The fraction of sp³-hybridized carbons (Fsp3) is 0.286. The molecule has 0 radical (unpaired) electrons. The second-order valence-electron chi connectivity index (χ2n) is 6.76. The Bertz CT molecular complexity index is 1230. The van der Waals surface area contributed by atoms with Gasteiger partial charge in [-0.25, -0.2) is 14.8 Å². The fourth-order valence-electron chi connectivity index (χ4n) is 3.30. The zero-order chi connectivity index (χ0) is 24.8. The molecule has 0 bridgehead atoms. The van der Waals surface area contributed by atoms with Crippen molar-refractivity contribution in [3.63, 3.8) is 0 Å². The predicted molar refractivity (Wildman–Crippen MR) is 127 cm³/mol. The fourth-order valence-corrected chi connectivity index (χ4v) is 3.88. The van der Waals surface area contributed by atoms with Crippen molar-refractivity contribution >= 4 is 45.2 Å². The highest BCUT2D eigenvalue weighted by atomic mass is 79.9. The Hall–Kier alpha value is -4.23. The van der Waals surface area contributed by atoms with E-state index in [9.17, 15) is 10.1 Å². The van der Waals surface area contributed by atoms with Gasteiger partial charge in [-0.05, 0) is 47.5 Å². The average molecular weight is 529 g/mol. The molecule has 1 aliphatic rings. The summed E-state index contributed by atoms with van der Waals surface area (Å²) in [5.41, 5.74) is 13.3. The number of hydrogen-bond donors (Lipinski definition) is 4. The molecular weight excluding hydrogens is 508 g/mol. The number of aliphatic imine (C=N–C) groups is 1. The van der Waals surface area contributed by atoms with E-state index in [0.29, 0.717) is 33.7 Å². The molecule has 2 aromatic rings. The number of pyridine rings is 1. The maximum atomic E-state index is 11.8. The lowest BCUT2D eigenvalue weighted by atomic mass is 9.95. The topological polar surface area (TPSA) is 194 Å². The van der Waals surface area contributed by atoms with Crippen LogP contribution in [0.5, 0.6) is 11.5 Å². The van der Waals surface area contributed by atoms with E-state index in [2.05, 4.69) is 36.5 Å². The number of nitrogens with zero attached hydrogens (tertiary/aromatic N) is 4. The first-order valence-electron chi connectivity index (χ1n) is 10.1. The van der Waals surface area contributed by atoms with Gasteiger partial charge in [0.1, 0.15) is 29.3 Å². The van der Waals surface area contributed by atoms with E-state index in [4.69, 9.17) is 30.9 Å². The number of fused-ring (bicyclic) bond motifs is 1. The molecule has 0 spiro atoms. The first kappa shape index (κ1) is 24.4. The quantitative estimate of drug-likeness (QED) is 0.233. The highest BCUT2D eigenvalue weighted by Gasteiger charge is 2.31. The first-order chi connectivity index (χ1) is 16.3. The molecule has 1 aliphatic heterocycles. The molecule has 3 rings (SSSR count). The number of aromatic nitrogens is 1. The molecule has 0 fully saturated rings. The van der Waals surface area contributed by atoms with Gasteiger partial charge in [0.25, 0.3) is 0 Å². The van der Waals surface area contributed by atoms with Crippen molar-refractivity contribution in [2.75, 3.05) is 36.6 Å². The van der Waals surface area contributed by atoms with Crippen molar-refractivity contribution in [2.45, 2.75) is 19.9 Å². The SMILES string of the molecule is CCOC(=O)COc1c(Br)cc(C2N=C(NC#N)Nc3nc(N)c(C#N)c(N)c32)cc1OCC. The van der Waals surface area contributed by atoms with Gasteiger partial charge in [0, 0.05) is 5.56 Å². The van der Waals surface area contributed by atoms with Gasteiger partial charge in [0.05, 0.1) is 23.4 Å². The van der Waals surface area contributed by atoms with Crippen molar-refractivity contribution < 1.29 is 19.0 Å². The molecule has 0 amide bonds. The van der Waals surface area contributed by atoms with Gasteiger partial charge in [0.15, 0.2) is 24.3 Å². The smallest absolute Gasteiger partial charge is 0.344 e. The van der Waals surface area contributed by atoms with Crippen LogP contribution in [0.15, 0.2) is 21.6 Å². The summed E-state index contributed by atoms with van der Waals surface area (Å²) in [5.74, 6) is 0.431. The van der Waals surface area contributed by atoms with Crippen molar-refractivity contribution in [2.24, 2.45) is 4.99 Å². The van der Waals surface area contributed by atoms with Crippen molar-refractivity contribution in [3.05, 3.63) is 33.3 Å². The molecule has 0 saturated carbocycles. The first-order valence-corrected chi connectivity index (χ1v) is 10.9. The Morgan fingerprint density at radius 2 is 2.03 bits per heavy atom. The molecule has 6 N–H and O–H groups in total. The third kappa shape index (κ3) is 4.89. The van der Waals surface area contributed by atoms with Crippen molar-refractivity contribution in [1.82, 2.24) is 10.3 Å². The van der Waals surface area contributed by atoms with Crippen LogP contribution in [0.4, 0.5) is 17.3 Å². The summed E-state index contributed by atoms with van der Waals surface area (Å²) in [4.78, 5) is 20.5. The van der Waals surface area contributed by atoms with Gasteiger partial charge < -0.3 is 31.0 Å². The van der Waals surface area contributed by atoms with E-state index in [1.807, 2.05) is 6.07 Å². The van der Waals surface area contributed by atoms with Crippen LogP contribution < -0.4 is 31.6 Å². The number of carbonyl (C=O) groups excluding carboxylic acids is 1. The van der Waals surface area contributed by atoms with E-state index in [0.717, 1.165) is 0 Å². The number of halogens is 1. The standard InChI is InChI=1S/C21H21BrN8O4/c1-3-32-13-6-10(5-12(22)18(13)34-8-14(31)33-4-2)17-15-16(25)11(7-23)19(26)29-20(15)30-21(28-17)27-9-24/h5-6,17H,3-4,8H2,1-2H3,(H6,25,26,27,28,29,30). The Balaban J connectivity index is 2.14. The van der Waals surface area contributed by atoms with E-state index in [1.165, 1.54) is 0 Å². The number of nitriles is 2. The minimum absolute atomic E-state index is 0.0240. The van der Waals surface area contributed by atoms with E-state index >= 15 is 0 Å². The molecule has 0 saturated heterocycles. The molecule has 2 heterocycles. The third-order valence-corrected chi connectivity index (χ3v) is 5.23. The van der Waals surface area contributed by atoms with E-state index in [1.54, 1.807) is 32.2 Å². The predicted octanol–water partition coefficient (Wildman–Crippen LogP) is 2.16. The van der Waals surface area contributed by atoms with E-state index < -0.39 is 12.0 Å². The molecule has 12 nitrogen and oxygen atoms in total. The van der Waals surface area contributed by atoms with E-state index in [-0.39, 0.29) is 42.1 Å². The Morgan fingerprint density at radius 1 is 1.26 bits per heavy atom. The van der Waals surface area contributed by atoms with Gasteiger partial charge in [-0.2, -0.15) is 10.5 Å². The summed E-state index contributed by atoms with van der Waals surface area (Å²) in [5, 5.41) is 23.9. The number of anilines is 3. The summed E-state index contributed by atoms with van der Waals surface area (Å²) >= 11 is 3.46. The van der Waals surface area contributed by atoms with Crippen molar-refractivity contribution in [1.29, 1.82) is 10.5 Å². The molecule has 34 heavy (non-hydrogen) atoms. The second kappa shape index (κ2) is 10.6. The van der Waals surface area contributed by atoms with Crippen LogP contribution in [0.1, 0.15) is 36.6 Å². The largest absolute Gasteiger partial charge is 0.490 e. The molecule has 0 aliphatic carbocycles. The summed E-state index contributed by atoms with van der Waals surface area (Å²) in [6.45, 7) is 3.74. The minimum atomic E-state index is -0.776. The number of nitrogens with one attached hydrogen (secondary N) is 2. The maximum Gasteiger partial charge on any atom is 0.344 e. The maximum absolute atomic E-state index is 11.8. The number of guanidine groups is 1. The Labute approximate surface area is 203 Å². The van der Waals surface area contributed by atoms with Crippen LogP contribution in [0.25, 0.3) is 0 Å². The molecular formula is C21H21BrN8O4. The zero-order valence-electron chi connectivity index (χ0n) is 18.3. The van der Waals surface area contributed by atoms with Crippen LogP contribution in [0.3, 0.4) is 0 Å². The highest BCUT2D eigenvalue weighted by molar-refractivity contribution is 9.10. The number of nitrogen functional groups attached to an aromatic ring is 2. The molecule has 1 unspecified atom stereocenters. The van der Waals surface area contributed by atoms with Crippen LogP contribution in [-0.2, 0) is 9.53 Å². The lowest BCUT2D eigenvalue weighted by Crippen LogP contribution is -2.32. The molecule has 1 aromatic carbocycles. The summed E-state index contributed by atoms with van der Waals surface area (Å²) in [7, 11) is 0. The lowest BCUT2D eigenvalue weighted by molar-refractivity contribution is -0.145. The van der Waals surface area contributed by atoms with Crippen LogP contribution in [0.2, 0.25) is 0 Å². The number of rotatable bonds is 7. The molecule has 13 heteroatoms. The average Bonchev–Trinajstić information content (AvgIpc) is 2.78. The number of esters is 1. The summed E-state index contributed by atoms with van der Waals surface area (Å²) < 4.78 is 16.8. The van der Waals surface area contributed by atoms with Gasteiger partial charge in [-0.1, -0.05) is 0 Å². The number of nitrogens with two attached hydrogens (primary N) is 2. The molecule has 176 valence electrons. The highest BCUT2D eigenvalue weighted by Crippen LogP contribution is 2.45. The molecule has 1 aromatic heterocycles. The zero-order valence-corrected chi connectivity index (χ0v) is 19.9. The number of ether oxygens (including phenoxy) is 3. The summed E-state index contributed by atoms with van der Waals surface area (Å²) in [6, 6.07) is 4.56. The van der Waals surface area contributed by atoms with Gasteiger partial charge in [-0.3, -0.25) is 5.32 Å². The number of carbonyl (C=O) groups is 1. The van der Waals surface area contributed by atoms with Crippen LogP contribution in [-0.4, -0.2) is 36.7 Å². The van der Waals surface area contributed by atoms with Gasteiger partial charge >= 0.3 is 5.97 Å². The van der Waals surface area contributed by atoms with Gasteiger partial charge in [0.2, 0.25) is 5.96 Å². The monoisotopic (exact) mass is 528 g/mol. The van der Waals surface area contributed by atoms with Crippen molar-refractivity contribution in [3.8, 4) is 23.8 Å². The third-order valence-electron chi connectivity index (χ3n) is 4.64. The van der Waals surface area contributed by atoms with Crippen LogP contribution in [0, 0.1) is 22.8 Å². The van der Waals surface area contributed by atoms with Crippen LogP contribution >= 0.6 is 15.9 Å². The summed E-state index contributed by atoms with van der Waals surface area (Å²) in [6.07, 6.45) is 1.80. The lowest BCUT2D eigenvalue weighted by Gasteiger charge is -2.27. The minimum Gasteiger partial charge on any atom is -0.490 e. The Kier molecular flexibility index (Phi) is 7.60. The second-order valence-corrected chi connectivity index (χ2v) is 7.61. The number of benzene rings is 1.